The summed E-state index contributed by atoms with van der Waals surface area (Å²) in [5.74, 6) is -4.09. The Morgan fingerprint density at radius 2 is 0.758 bits per heavy atom. The third-order valence-electron chi connectivity index (χ3n) is 8.10. The van der Waals surface area contributed by atoms with Crippen LogP contribution in [0, 0.1) is 0 Å². The number of azo groups is 2. The van der Waals surface area contributed by atoms with Crippen molar-refractivity contribution in [3.63, 3.8) is 0 Å². The summed E-state index contributed by atoms with van der Waals surface area (Å²) in [5.41, 5.74) is -4.78. The molecule has 6 aromatic carbocycles. The molecule has 6 rings (SSSR count). The normalized spacial score (nSPS) is 11.6. The number of quaternary nitrogens is 4. The maximum atomic E-state index is 13.0. The summed E-state index contributed by atoms with van der Waals surface area (Å²) in [6.45, 7) is 0. The van der Waals surface area contributed by atoms with Gasteiger partial charge in [0.2, 0.25) is 0 Å². The number of benzene rings is 6. The number of rotatable bonds is 10. The number of fused-ring (bicyclic) bond motifs is 2. The van der Waals surface area contributed by atoms with Crippen LogP contribution in [0.1, 0.15) is 0 Å². The van der Waals surface area contributed by atoms with Crippen LogP contribution < -0.4 is 55.7 Å². The zero-order valence-corrected chi connectivity index (χ0v) is 38.7. The van der Waals surface area contributed by atoms with E-state index in [4.69, 9.17) is 0 Å². The van der Waals surface area contributed by atoms with Crippen molar-refractivity contribution in [1.82, 2.24) is 24.6 Å². The molecular weight excluding hydrogens is 1060 g/mol. The van der Waals surface area contributed by atoms with Crippen LogP contribution in [0.3, 0.4) is 0 Å². The number of hydrogen-bond donors (Lipinski definition) is 6. The van der Waals surface area contributed by atoms with Crippen LogP contribution in [0.4, 0.5) is 38.9 Å². The second kappa shape index (κ2) is 22.0. The summed E-state index contributed by atoms with van der Waals surface area (Å²) in [6, 6.07) is 9.72. The van der Waals surface area contributed by atoms with Crippen LogP contribution >= 0.6 is 0 Å². The van der Waals surface area contributed by atoms with Crippen molar-refractivity contribution in [2.24, 2.45) is 20.5 Å². The standard InChI is InChI=1S/C33H24N6O17S4.2Cu.4H3N/c40-25-7-1-15-9-17(57(45,46)47)3-5-19(15)31(25)38-36-21-13-29(59(51,52)53)23(11-27(21)42)34-33(44)35-24-12-28(43)22(14-30(24)60(54,55)56)37-39-32-20-6-4-18(58(48,49)50)10-16(20)2-8-26(32)41;;;;;;/h1-14,40-43H,(H2,34,35,44)(H,45,46,47)(H,48,49,50)(H,51,52,53)(H,54,55,56);;;4*1H3/q;2*+2;;;;/p-4. The second-order valence-corrected chi connectivity index (χ2v) is 17.5. The van der Waals surface area contributed by atoms with Gasteiger partial charge in [-0.3, -0.25) is 0 Å². The zero-order chi connectivity index (χ0) is 44.1. The Morgan fingerprint density at radius 3 is 1.06 bits per heavy atom. The van der Waals surface area contributed by atoms with Gasteiger partial charge in [0.25, 0.3) is 0 Å². The third kappa shape index (κ3) is 13.1. The molecule has 0 aliphatic carbocycles. The van der Waals surface area contributed by atoms with Crippen LogP contribution in [0.2, 0.25) is 0 Å². The number of nitrogens with zero attached hydrogens (tertiary/aromatic N) is 4. The van der Waals surface area contributed by atoms with Crippen molar-refractivity contribution in [3.8, 4) is 23.0 Å². The maximum absolute atomic E-state index is 13.0. The second-order valence-electron chi connectivity index (χ2n) is 12.0. The fourth-order valence-electron chi connectivity index (χ4n) is 5.41. The van der Waals surface area contributed by atoms with Crippen LogP contribution in [-0.2, 0) is 74.6 Å². The van der Waals surface area contributed by atoms with Gasteiger partial charge in [-0.05, 0) is 59.3 Å². The topological polar surface area (TPSA) is 558 Å². The minimum absolute atomic E-state index is 0. The number of nitrogens with one attached hydrogen (secondary N) is 2. The van der Waals surface area contributed by atoms with E-state index in [2.05, 4.69) is 20.5 Å². The molecule has 27 nitrogen and oxygen atoms in total. The van der Waals surface area contributed by atoms with Gasteiger partial charge in [-0.1, -0.05) is 59.4 Å². The van der Waals surface area contributed by atoms with Crippen LogP contribution in [-0.4, -0.2) is 57.9 Å². The number of amides is 2. The van der Waals surface area contributed by atoms with E-state index in [-0.39, 0.29) is 80.3 Å². The fourth-order valence-corrected chi connectivity index (χ4v) is 7.69. The molecule has 0 aliphatic rings. The molecule has 0 spiro atoms. The van der Waals surface area contributed by atoms with E-state index in [1.54, 1.807) is 10.6 Å². The van der Waals surface area contributed by atoms with Crippen molar-refractivity contribution in [2.75, 3.05) is 10.6 Å². The van der Waals surface area contributed by atoms with Gasteiger partial charge in [-0.15, -0.1) is 0 Å². The van der Waals surface area contributed by atoms with Gasteiger partial charge in [0.05, 0.1) is 53.7 Å². The molecule has 0 atom stereocenters. The first-order valence-electron chi connectivity index (χ1n) is 15.7. The first-order chi connectivity index (χ1) is 27.8. The molecule has 0 aromatic heterocycles. The van der Waals surface area contributed by atoms with E-state index >= 15 is 0 Å². The molecule has 66 heavy (non-hydrogen) atoms. The summed E-state index contributed by atoms with van der Waals surface area (Å²) < 4.78 is 142. The van der Waals surface area contributed by atoms with Gasteiger partial charge < -0.3 is 73.9 Å². The Balaban J connectivity index is 0.00000704. The smallest absolute Gasteiger partial charge is 0.871 e. The molecule has 0 aliphatic heterocycles. The number of anilines is 2. The van der Waals surface area contributed by atoms with Gasteiger partial charge >= 0.3 is 40.2 Å². The molecule has 0 bridgehead atoms. The molecule has 0 fully saturated rings. The quantitative estimate of drug-likeness (QED) is 0.0644. The molecule has 0 saturated carbocycles. The number of hydrogen-bond acceptors (Lipinski definition) is 21. The van der Waals surface area contributed by atoms with E-state index in [1.807, 2.05) is 0 Å². The molecule has 0 saturated heterocycles. The summed E-state index contributed by atoms with van der Waals surface area (Å²) in [4.78, 5) is 9.05. The van der Waals surface area contributed by atoms with E-state index in [9.17, 15) is 77.1 Å². The van der Waals surface area contributed by atoms with Gasteiger partial charge in [-0.25, -0.2) is 38.5 Å². The average molecular weight is 1100 g/mol. The summed E-state index contributed by atoms with van der Waals surface area (Å²) in [7, 11) is -21.0. The molecule has 0 heterocycles. The van der Waals surface area contributed by atoms with Crippen molar-refractivity contribution in [3.05, 3.63) is 84.9 Å². The fraction of sp³-hybridized carbons (Fsp3) is 0. The Morgan fingerprint density at radius 1 is 0.424 bits per heavy atom. The molecule has 33 heteroatoms. The van der Waals surface area contributed by atoms with Crippen molar-refractivity contribution < 1.29 is 111 Å². The van der Waals surface area contributed by atoms with Gasteiger partial charge in [0.1, 0.15) is 40.5 Å². The molecule has 2 amide bonds. The van der Waals surface area contributed by atoms with Crippen LogP contribution in [0.5, 0.6) is 23.0 Å². The summed E-state index contributed by atoms with van der Waals surface area (Å²) >= 11 is 0. The first-order valence-corrected chi connectivity index (χ1v) is 21.4. The summed E-state index contributed by atoms with van der Waals surface area (Å²) in [5, 5.41) is 68.9. The van der Waals surface area contributed by atoms with E-state index in [0.717, 1.165) is 60.7 Å². The van der Waals surface area contributed by atoms with Gasteiger partial charge in [0, 0.05) is 10.8 Å². The van der Waals surface area contributed by atoms with E-state index < -0.39 is 123 Å². The number of carbonyl (C=O) groups excluding carboxylic acids is 1. The zero-order valence-electron chi connectivity index (χ0n) is 33.5. The number of carbonyl (C=O) groups is 1. The largest absolute Gasteiger partial charge is 2.00 e. The molecule has 362 valence electrons. The minimum atomic E-state index is -5.60. The van der Waals surface area contributed by atoms with Crippen molar-refractivity contribution >= 4 is 102 Å². The Bertz CT molecular complexity index is 3150. The monoisotopic (exact) mass is 1090 g/mol. The van der Waals surface area contributed by atoms with Crippen molar-refractivity contribution in [1.29, 1.82) is 0 Å². The third-order valence-corrected chi connectivity index (χ3v) is 11.5. The SMILES string of the molecule is O=C(Nc1cc([O-])c(N=Nc2c([O-])ccc3cc(S(=O)(=O)[O-])ccc23)cc1S(=O)(=O)[O-])Nc1cc([O-])c(N=Nc2c([O-])ccc3cc(S(=O)(=O)[O-])ccc23)cc1S(=O)(=O)[O-].[Cu+2].[Cu+2].[NH4+].[NH4+].[NH4+].[NH4+]. The molecule has 18 N–H and O–H groups in total. The first kappa shape index (κ1) is 60.0. The summed E-state index contributed by atoms with van der Waals surface area (Å²) in [6.07, 6.45) is 0. The Kier molecular flexibility index (Phi) is 20.0. The molecule has 2 radical (unpaired) electrons. The Labute approximate surface area is 394 Å². The minimum Gasteiger partial charge on any atom is -0.871 e. The van der Waals surface area contributed by atoms with E-state index in [1.165, 1.54) is 0 Å². The number of urea groups is 1. The predicted octanol–water partition coefficient (Wildman–Crippen LogP) is 3.88. The molecule has 6 aromatic rings. The predicted molar refractivity (Wildman–Crippen MR) is 215 cm³/mol. The van der Waals surface area contributed by atoms with Gasteiger partial charge in [-0.2, -0.15) is 20.5 Å². The van der Waals surface area contributed by atoms with Crippen LogP contribution in [0.25, 0.3) is 21.5 Å². The molecular formula is C33H32Cu2N10O17S4. The van der Waals surface area contributed by atoms with Crippen molar-refractivity contribution in [2.45, 2.75) is 19.6 Å². The Hall–Kier alpha value is -5.97. The maximum Gasteiger partial charge on any atom is 2.00 e. The van der Waals surface area contributed by atoms with E-state index in [0.29, 0.717) is 24.3 Å². The average Bonchev–Trinajstić information content (AvgIpc) is 3.13. The van der Waals surface area contributed by atoms with Crippen LogP contribution in [0.15, 0.2) is 125 Å². The van der Waals surface area contributed by atoms with Gasteiger partial charge in [0.15, 0.2) is 0 Å². The molecule has 0 unspecified atom stereocenters.